The Kier molecular flexibility index (Phi) is 13.3. The van der Waals surface area contributed by atoms with Gasteiger partial charge in [-0.3, -0.25) is 0 Å². The molecule has 1 rings (SSSR count). The normalized spacial score (nSPS) is 9.50. The zero-order valence-corrected chi connectivity index (χ0v) is 12.3. The van der Waals surface area contributed by atoms with Gasteiger partial charge >= 0.3 is 0 Å². The van der Waals surface area contributed by atoms with Gasteiger partial charge in [0.1, 0.15) is 0 Å². The summed E-state index contributed by atoms with van der Waals surface area (Å²) in [7, 11) is 0. The fraction of sp³-hybridized carbons (Fsp3) is 0.500. The van der Waals surface area contributed by atoms with Gasteiger partial charge in [0.2, 0.25) is 0 Å². The van der Waals surface area contributed by atoms with Crippen LogP contribution in [0.4, 0.5) is 0 Å². The van der Waals surface area contributed by atoms with Crippen molar-refractivity contribution in [1.29, 1.82) is 0 Å². The molecular weight excluding hydrogens is 214 g/mol. The lowest BCUT2D eigenvalue weighted by molar-refractivity contribution is 1.09. The molecule has 0 amide bonds. The number of rotatable bonds is 2. The predicted octanol–water partition coefficient (Wildman–Crippen LogP) is 5.48. The van der Waals surface area contributed by atoms with Crippen molar-refractivity contribution >= 4 is 16.9 Å². The van der Waals surface area contributed by atoms with E-state index in [0.29, 0.717) is 0 Å². The summed E-state index contributed by atoms with van der Waals surface area (Å²) in [4.78, 5) is 4.33. The monoisotopic (exact) mass is 239 g/mol. The molecule has 0 aliphatic rings. The summed E-state index contributed by atoms with van der Waals surface area (Å²) in [5, 5.41) is 3.15. The van der Waals surface area contributed by atoms with Crippen molar-refractivity contribution < 1.29 is 0 Å². The van der Waals surface area contributed by atoms with Gasteiger partial charge in [-0.15, -0.1) is 11.3 Å². The quantitative estimate of drug-likeness (QED) is 0.622. The second-order valence-electron chi connectivity index (χ2n) is 2.91. The zero-order chi connectivity index (χ0) is 13.0. The topological polar surface area (TPSA) is 12.9 Å². The molecule has 0 bridgehead atoms. The van der Waals surface area contributed by atoms with E-state index in [1.165, 1.54) is 6.42 Å². The van der Waals surface area contributed by atoms with Crippen molar-refractivity contribution in [3.8, 4) is 0 Å². The zero-order valence-electron chi connectivity index (χ0n) is 11.5. The molecule has 1 nitrogen and oxygen atoms in total. The second kappa shape index (κ2) is 12.2. The van der Waals surface area contributed by atoms with Crippen molar-refractivity contribution in [3.05, 3.63) is 34.8 Å². The molecule has 0 unspecified atom stereocenters. The minimum atomic E-state index is 1.03. The number of allylic oxidation sites excluding steroid dienone is 3. The standard InChI is InChI=1S/C9H11NS.C3H8.C2H6/c1-4-8(5-2)9-6-11-7(3)10-9;1-3-2;1-2/h4-6H,1H2,2-3H3;3H2,1-2H3;1-2H3/b8-5+;;. The van der Waals surface area contributed by atoms with Gasteiger partial charge < -0.3 is 0 Å². The predicted molar refractivity (Wildman–Crippen MR) is 78.0 cm³/mol. The van der Waals surface area contributed by atoms with Crippen LogP contribution in [0.3, 0.4) is 0 Å². The summed E-state index contributed by atoms with van der Waals surface area (Å²) in [6.45, 7) is 16.0. The van der Waals surface area contributed by atoms with Crippen molar-refractivity contribution in [3.63, 3.8) is 0 Å². The molecule has 1 aromatic heterocycles. The van der Waals surface area contributed by atoms with Crippen molar-refractivity contribution in [2.75, 3.05) is 0 Å². The van der Waals surface area contributed by atoms with E-state index in [-0.39, 0.29) is 0 Å². The van der Waals surface area contributed by atoms with E-state index in [4.69, 9.17) is 0 Å². The molecule has 0 radical (unpaired) electrons. The third-order valence-corrected chi connectivity index (χ3v) is 2.22. The molecule has 0 saturated heterocycles. The van der Waals surface area contributed by atoms with Gasteiger partial charge in [0, 0.05) is 5.38 Å². The Morgan fingerprint density at radius 3 is 2.19 bits per heavy atom. The minimum Gasteiger partial charge on any atom is -0.242 e. The van der Waals surface area contributed by atoms with Gasteiger partial charge in [-0.25, -0.2) is 4.98 Å². The van der Waals surface area contributed by atoms with Crippen molar-refractivity contribution in [1.82, 2.24) is 4.98 Å². The maximum atomic E-state index is 4.33. The Labute approximate surface area is 105 Å². The fourth-order valence-electron chi connectivity index (χ4n) is 0.866. The van der Waals surface area contributed by atoms with Gasteiger partial charge in [-0.05, 0) is 19.4 Å². The average Bonchev–Trinajstić information content (AvgIpc) is 2.71. The van der Waals surface area contributed by atoms with Crippen LogP contribution in [0.1, 0.15) is 51.7 Å². The summed E-state index contributed by atoms with van der Waals surface area (Å²) < 4.78 is 0. The molecule has 0 saturated carbocycles. The first kappa shape index (κ1) is 17.5. The Bertz CT molecular complexity index is 297. The largest absolute Gasteiger partial charge is 0.242 e. The van der Waals surface area contributed by atoms with Gasteiger partial charge in [0.25, 0.3) is 0 Å². The molecule has 1 aromatic rings. The highest BCUT2D eigenvalue weighted by atomic mass is 32.1. The highest BCUT2D eigenvalue weighted by Crippen LogP contribution is 2.17. The number of nitrogens with zero attached hydrogens (tertiary/aromatic N) is 1. The number of thiazole rings is 1. The van der Waals surface area contributed by atoms with Crippen LogP contribution in [0, 0.1) is 6.92 Å². The van der Waals surface area contributed by atoms with Crippen LogP contribution < -0.4 is 0 Å². The lowest BCUT2D eigenvalue weighted by Crippen LogP contribution is -1.79. The second-order valence-corrected chi connectivity index (χ2v) is 3.97. The molecule has 0 N–H and O–H groups in total. The number of aryl methyl sites for hydroxylation is 1. The van der Waals surface area contributed by atoms with Gasteiger partial charge in [0.15, 0.2) is 0 Å². The van der Waals surface area contributed by atoms with Crippen LogP contribution in [0.2, 0.25) is 0 Å². The summed E-state index contributed by atoms with van der Waals surface area (Å²) in [6.07, 6.45) is 5.09. The molecule has 0 atom stereocenters. The van der Waals surface area contributed by atoms with Gasteiger partial charge in [-0.1, -0.05) is 52.8 Å². The third-order valence-electron chi connectivity index (χ3n) is 1.45. The lowest BCUT2D eigenvalue weighted by Gasteiger charge is -1.92. The van der Waals surface area contributed by atoms with Gasteiger partial charge in [-0.2, -0.15) is 0 Å². The molecule has 0 aliphatic carbocycles. The lowest BCUT2D eigenvalue weighted by atomic mass is 10.2. The molecule has 2 heteroatoms. The molecule has 0 aromatic carbocycles. The minimum absolute atomic E-state index is 1.03. The van der Waals surface area contributed by atoms with Crippen LogP contribution in [-0.2, 0) is 0 Å². The van der Waals surface area contributed by atoms with E-state index < -0.39 is 0 Å². The van der Waals surface area contributed by atoms with Crippen LogP contribution >= 0.6 is 11.3 Å². The molecule has 92 valence electrons. The summed E-state index contributed by atoms with van der Waals surface area (Å²) in [5.41, 5.74) is 2.14. The van der Waals surface area contributed by atoms with Crippen LogP contribution in [0.5, 0.6) is 0 Å². The highest BCUT2D eigenvalue weighted by molar-refractivity contribution is 7.09. The summed E-state index contributed by atoms with van der Waals surface area (Å²) >= 11 is 1.66. The van der Waals surface area contributed by atoms with Crippen molar-refractivity contribution in [2.45, 2.75) is 48.0 Å². The maximum absolute atomic E-state index is 4.33. The van der Waals surface area contributed by atoms with E-state index in [2.05, 4.69) is 25.4 Å². The Morgan fingerprint density at radius 1 is 1.44 bits per heavy atom. The molecule has 16 heavy (non-hydrogen) atoms. The maximum Gasteiger partial charge on any atom is 0.0901 e. The van der Waals surface area contributed by atoms with E-state index in [0.717, 1.165) is 16.3 Å². The van der Waals surface area contributed by atoms with E-state index in [9.17, 15) is 0 Å². The van der Waals surface area contributed by atoms with Crippen LogP contribution in [0.25, 0.3) is 5.57 Å². The summed E-state index contributed by atoms with van der Waals surface area (Å²) in [5.74, 6) is 0. The first-order valence-electron chi connectivity index (χ1n) is 5.90. The Morgan fingerprint density at radius 2 is 1.94 bits per heavy atom. The fourth-order valence-corrected chi connectivity index (χ4v) is 1.49. The third kappa shape index (κ3) is 7.41. The van der Waals surface area contributed by atoms with Crippen LogP contribution in [-0.4, -0.2) is 4.98 Å². The first-order valence-corrected chi connectivity index (χ1v) is 6.78. The molecular formula is C14H25NS. The average molecular weight is 239 g/mol. The molecule has 0 spiro atoms. The van der Waals surface area contributed by atoms with E-state index >= 15 is 0 Å². The first-order chi connectivity index (χ1) is 7.69. The number of hydrogen-bond acceptors (Lipinski definition) is 2. The number of aromatic nitrogens is 1. The highest BCUT2D eigenvalue weighted by Gasteiger charge is 1.99. The Balaban J connectivity index is 0. The van der Waals surface area contributed by atoms with Gasteiger partial charge in [0.05, 0.1) is 10.7 Å². The van der Waals surface area contributed by atoms with E-state index in [1.807, 2.05) is 45.2 Å². The van der Waals surface area contributed by atoms with Crippen LogP contribution in [0.15, 0.2) is 24.1 Å². The van der Waals surface area contributed by atoms with E-state index in [1.54, 1.807) is 11.3 Å². The van der Waals surface area contributed by atoms with Crippen molar-refractivity contribution in [2.24, 2.45) is 0 Å². The Hall–Kier alpha value is -0.890. The summed E-state index contributed by atoms with van der Waals surface area (Å²) in [6, 6.07) is 0. The molecule has 0 aliphatic heterocycles. The smallest absolute Gasteiger partial charge is 0.0901 e. The molecule has 1 heterocycles. The SMILES string of the molecule is C=C/C(=C\C)c1csc(C)n1.CC.CCC. The molecule has 0 fully saturated rings. The number of hydrogen-bond donors (Lipinski definition) is 0.